The SMILES string of the molecule is CCOC(=O)Nc1ccc([C@H]2CN(c3nc(-c4ccncc4)cc(=O)n3C)CCO2)cc1. The zero-order chi connectivity index (χ0) is 22.5. The Labute approximate surface area is 185 Å². The first-order valence-electron chi connectivity index (χ1n) is 10.4. The van der Waals surface area contributed by atoms with Crippen molar-refractivity contribution in [2.24, 2.45) is 7.05 Å². The van der Waals surface area contributed by atoms with Gasteiger partial charge in [-0.3, -0.25) is 19.7 Å². The van der Waals surface area contributed by atoms with Gasteiger partial charge in [-0.25, -0.2) is 9.78 Å². The van der Waals surface area contributed by atoms with E-state index in [9.17, 15) is 9.59 Å². The van der Waals surface area contributed by atoms with Crippen molar-refractivity contribution in [1.29, 1.82) is 0 Å². The predicted molar refractivity (Wildman–Crippen MR) is 121 cm³/mol. The normalized spacial score (nSPS) is 15.9. The van der Waals surface area contributed by atoms with Crippen LogP contribution in [-0.4, -0.2) is 46.9 Å². The van der Waals surface area contributed by atoms with Gasteiger partial charge in [0.2, 0.25) is 5.95 Å². The highest BCUT2D eigenvalue weighted by Gasteiger charge is 2.25. The molecule has 1 N–H and O–H groups in total. The summed E-state index contributed by atoms with van der Waals surface area (Å²) in [6.07, 6.45) is 2.68. The van der Waals surface area contributed by atoms with Crippen molar-refractivity contribution < 1.29 is 14.3 Å². The fraction of sp³-hybridized carbons (Fsp3) is 0.304. The molecular weight excluding hydrogens is 410 g/mol. The molecule has 2 aromatic heterocycles. The predicted octanol–water partition coefficient (Wildman–Crippen LogP) is 2.99. The van der Waals surface area contributed by atoms with Crippen LogP contribution in [-0.2, 0) is 16.5 Å². The van der Waals surface area contributed by atoms with E-state index in [1.807, 2.05) is 36.4 Å². The topological polar surface area (TPSA) is 98.6 Å². The molecule has 0 radical (unpaired) electrons. The Balaban J connectivity index is 1.54. The quantitative estimate of drug-likeness (QED) is 0.658. The highest BCUT2D eigenvalue weighted by Crippen LogP contribution is 2.27. The second-order valence-corrected chi connectivity index (χ2v) is 7.35. The number of hydrogen-bond acceptors (Lipinski definition) is 7. The van der Waals surface area contributed by atoms with Gasteiger partial charge in [0, 0.05) is 43.3 Å². The lowest BCUT2D eigenvalue weighted by molar-refractivity contribution is 0.0390. The van der Waals surface area contributed by atoms with Crippen LogP contribution >= 0.6 is 0 Å². The first kappa shape index (κ1) is 21.5. The molecule has 9 heteroatoms. The number of rotatable bonds is 5. The molecule has 0 bridgehead atoms. The van der Waals surface area contributed by atoms with Crippen LogP contribution in [0.1, 0.15) is 18.6 Å². The number of carbonyl (C=O) groups excluding carboxylic acids is 1. The first-order chi connectivity index (χ1) is 15.5. The molecule has 0 saturated carbocycles. The van der Waals surface area contributed by atoms with E-state index in [-0.39, 0.29) is 11.7 Å². The van der Waals surface area contributed by atoms with E-state index in [1.165, 1.54) is 6.07 Å². The highest BCUT2D eigenvalue weighted by atomic mass is 16.5. The number of nitrogens with zero attached hydrogens (tertiary/aromatic N) is 4. The van der Waals surface area contributed by atoms with Crippen LogP contribution in [0, 0.1) is 0 Å². The Hall–Kier alpha value is -3.72. The smallest absolute Gasteiger partial charge is 0.411 e. The molecule has 1 aromatic carbocycles. The molecular formula is C23H25N5O4. The summed E-state index contributed by atoms with van der Waals surface area (Å²) in [4.78, 5) is 35.0. The Morgan fingerprint density at radius 3 is 2.69 bits per heavy atom. The number of amides is 1. The van der Waals surface area contributed by atoms with E-state index >= 15 is 0 Å². The van der Waals surface area contributed by atoms with Crippen LogP contribution < -0.4 is 15.8 Å². The minimum absolute atomic E-state index is 0.126. The molecule has 32 heavy (non-hydrogen) atoms. The Morgan fingerprint density at radius 2 is 1.97 bits per heavy atom. The van der Waals surface area contributed by atoms with E-state index in [0.717, 1.165) is 11.1 Å². The molecule has 1 aliphatic rings. The summed E-state index contributed by atoms with van der Waals surface area (Å²) in [5.41, 5.74) is 2.95. The number of aromatic nitrogens is 3. The third-order valence-corrected chi connectivity index (χ3v) is 5.24. The number of ether oxygens (including phenoxy) is 2. The van der Waals surface area contributed by atoms with Crippen LogP contribution in [0.4, 0.5) is 16.4 Å². The summed E-state index contributed by atoms with van der Waals surface area (Å²) < 4.78 is 12.4. The lowest BCUT2D eigenvalue weighted by atomic mass is 10.1. The van der Waals surface area contributed by atoms with Crippen LogP contribution in [0.15, 0.2) is 59.7 Å². The van der Waals surface area contributed by atoms with Crippen molar-refractivity contribution in [2.45, 2.75) is 13.0 Å². The van der Waals surface area contributed by atoms with Crippen molar-refractivity contribution in [3.63, 3.8) is 0 Å². The standard InChI is InChI=1S/C23H25N5O4/c1-3-31-23(30)25-18-6-4-17(5-7-18)20-15-28(12-13-32-20)22-26-19(14-21(29)27(22)2)16-8-10-24-11-9-16/h4-11,14,20H,3,12-13,15H2,1-2H3,(H,25,30)/t20-/m1/s1. The Morgan fingerprint density at radius 1 is 1.22 bits per heavy atom. The average molecular weight is 435 g/mol. The maximum absolute atomic E-state index is 12.6. The molecule has 0 unspecified atom stereocenters. The van der Waals surface area contributed by atoms with Gasteiger partial charge in [0.1, 0.15) is 6.10 Å². The largest absolute Gasteiger partial charge is 0.450 e. The molecule has 0 spiro atoms. The summed E-state index contributed by atoms with van der Waals surface area (Å²) in [6.45, 7) is 3.74. The highest BCUT2D eigenvalue weighted by molar-refractivity contribution is 5.84. The van der Waals surface area contributed by atoms with Crippen molar-refractivity contribution in [1.82, 2.24) is 14.5 Å². The first-order valence-corrected chi connectivity index (χ1v) is 10.4. The molecule has 4 rings (SSSR count). The van der Waals surface area contributed by atoms with Gasteiger partial charge in [0.25, 0.3) is 5.56 Å². The summed E-state index contributed by atoms with van der Waals surface area (Å²) in [6, 6.07) is 12.6. The lowest BCUT2D eigenvalue weighted by Crippen LogP contribution is -2.41. The molecule has 1 aliphatic heterocycles. The minimum Gasteiger partial charge on any atom is -0.450 e. The van der Waals surface area contributed by atoms with E-state index in [0.29, 0.717) is 43.6 Å². The molecule has 166 valence electrons. The zero-order valence-corrected chi connectivity index (χ0v) is 18.0. The number of pyridine rings is 1. The fourth-order valence-corrected chi connectivity index (χ4v) is 3.58. The summed E-state index contributed by atoms with van der Waals surface area (Å²) >= 11 is 0. The Bertz CT molecular complexity index is 1130. The van der Waals surface area contributed by atoms with Gasteiger partial charge < -0.3 is 14.4 Å². The van der Waals surface area contributed by atoms with Crippen LogP contribution in [0.3, 0.4) is 0 Å². The van der Waals surface area contributed by atoms with Gasteiger partial charge in [-0.05, 0) is 36.8 Å². The van der Waals surface area contributed by atoms with Crippen LogP contribution in [0.5, 0.6) is 0 Å². The van der Waals surface area contributed by atoms with E-state index < -0.39 is 6.09 Å². The van der Waals surface area contributed by atoms with E-state index in [4.69, 9.17) is 14.5 Å². The lowest BCUT2D eigenvalue weighted by Gasteiger charge is -2.34. The van der Waals surface area contributed by atoms with Crippen molar-refractivity contribution >= 4 is 17.7 Å². The number of carbonyl (C=O) groups is 1. The number of benzene rings is 1. The van der Waals surface area contributed by atoms with E-state index in [2.05, 4.69) is 15.2 Å². The zero-order valence-electron chi connectivity index (χ0n) is 18.0. The third kappa shape index (κ3) is 4.78. The van der Waals surface area contributed by atoms with Crippen molar-refractivity contribution in [3.8, 4) is 11.3 Å². The van der Waals surface area contributed by atoms with E-state index in [1.54, 1.807) is 30.9 Å². The third-order valence-electron chi connectivity index (χ3n) is 5.24. The maximum Gasteiger partial charge on any atom is 0.411 e. The molecule has 1 amide bonds. The molecule has 0 aliphatic carbocycles. The molecule has 3 heterocycles. The van der Waals surface area contributed by atoms with Gasteiger partial charge in [-0.1, -0.05) is 12.1 Å². The number of anilines is 2. The van der Waals surface area contributed by atoms with Crippen LogP contribution in [0.25, 0.3) is 11.3 Å². The van der Waals surface area contributed by atoms with Gasteiger partial charge in [0.05, 0.1) is 25.5 Å². The van der Waals surface area contributed by atoms with Gasteiger partial charge in [0.15, 0.2) is 0 Å². The number of morpholine rings is 1. The molecule has 9 nitrogen and oxygen atoms in total. The summed E-state index contributed by atoms with van der Waals surface area (Å²) in [7, 11) is 1.72. The summed E-state index contributed by atoms with van der Waals surface area (Å²) in [5, 5.41) is 2.68. The molecule has 1 atom stereocenters. The van der Waals surface area contributed by atoms with Gasteiger partial charge in [-0.15, -0.1) is 0 Å². The Kier molecular flexibility index (Phi) is 6.46. The summed E-state index contributed by atoms with van der Waals surface area (Å²) in [5.74, 6) is 0.596. The second kappa shape index (κ2) is 9.61. The maximum atomic E-state index is 12.6. The number of nitrogens with one attached hydrogen (secondary N) is 1. The molecule has 3 aromatic rings. The van der Waals surface area contributed by atoms with Crippen molar-refractivity contribution in [3.05, 3.63) is 70.8 Å². The molecule has 1 saturated heterocycles. The minimum atomic E-state index is -0.485. The second-order valence-electron chi connectivity index (χ2n) is 7.35. The van der Waals surface area contributed by atoms with Crippen LogP contribution in [0.2, 0.25) is 0 Å². The van der Waals surface area contributed by atoms with Crippen molar-refractivity contribution in [2.75, 3.05) is 36.5 Å². The monoisotopic (exact) mass is 435 g/mol. The number of hydrogen-bond donors (Lipinski definition) is 1. The van der Waals surface area contributed by atoms with Gasteiger partial charge >= 0.3 is 6.09 Å². The average Bonchev–Trinajstić information content (AvgIpc) is 2.82. The van der Waals surface area contributed by atoms with Gasteiger partial charge in [-0.2, -0.15) is 0 Å². The fourth-order valence-electron chi connectivity index (χ4n) is 3.58. The molecule has 1 fully saturated rings.